The molecule has 0 fully saturated rings. The fraction of sp³-hybridized carbons (Fsp3) is 0.500. The van der Waals surface area contributed by atoms with E-state index >= 15 is 0 Å². The Hall–Kier alpha value is -0.770. The standard InChI is InChI=1S/C12H18ClNO2/c1-2-6-15-7-8-16-12-5-3-4-11(13)10(12)9-14/h3-5H,2,6-9,14H2,1H3. The van der Waals surface area contributed by atoms with Gasteiger partial charge in [-0.3, -0.25) is 0 Å². The number of ether oxygens (including phenoxy) is 2. The minimum Gasteiger partial charge on any atom is -0.491 e. The van der Waals surface area contributed by atoms with Crippen LogP contribution in [0, 0.1) is 0 Å². The van der Waals surface area contributed by atoms with Crippen molar-refractivity contribution in [3.8, 4) is 5.75 Å². The second-order valence-corrected chi connectivity index (χ2v) is 3.79. The van der Waals surface area contributed by atoms with Crippen LogP contribution in [0.2, 0.25) is 5.02 Å². The Balaban J connectivity index is 2.44. The van der Waals surface area contributed by atoms with E-state index in [0.717, 1.165) is 24.3 Å². The minimum absolute atomic E-state index is 0.380. The Kier molecular flexibility index (Phi) is 6.23. The Bertz CT molecular complexity index is 318. The second kappa shape index (κ2) is 7.49. The highest BCUT2D eigenvalue weighted by atomic mass is 35.5. The normalized spacial score (nSPS) is 10.4. The van der Waals surface area contributed by atoms with Crippen LogP contribution in [0.15, 0.2) is 18.2 Å². The summed E-state index contributed by atoms with van der Waals surface area (Å²) in [5.41, 5.74) is 6.45. The van der Waals surface area contributed by atoms with Gasteiger partial charge < -0.3 is 15.2 Å². The molecule has 0 aliphatic heterocycles. The van der Waals surface area contributed by atoms with E-state index in [1.54, 1.807) is 0 Å². The lowest BCUT2D eigenvalue weighted by Crippen LogP contribution is -2.09. The highest BCUT2D eigenvalue weighted by Gasteiger charge is 2.05. The van der Waals surface area contributed by atoms with Crippen molar-refractivity contribution in [1.82, 2.24) is 0 Å². The third kappa shape index (κ3) is 4.00. The van der Waals surface area contributed by atoms with Crippen LogP contribution in [0.1, 0.15) is 18.9 Å². The Morgan fingerprint density at radius 2 is 2.06 bits per heavy atom. The molecule has 0 amide bonds. The van der Waals surface area contributed by atoms with Crippen LogP contribution >= 0.6 is 11.6 Å². The molecule has 0 saturated carbocycles. The fourth-order valence-electron chi connectivity index (χ4n) is 1.33. The van der Waals surface area contributed by atoms with Crippen LogP contribution in [-0.2, 0) is 11.3 Å². The molecule has 0 aliphatic carbocycles. The molecule has 2 N–H and O–H groups in total. The van der Waals surface area contributed by atoms with Gasteiger partial charge in [0.2, 0.25) is 0 Å². The Morgan fingerprint density at radius 1 is 1.25 bits per heavy atom. The monoisotopic (exact) mass is 243 g/mol. The molecule has 0 aromatic heterocycles. The predicted octanol–water partition coefficient (Wildman–Crippen LogP) is 2.60. The van der Waals surface area contributed by atoms with Gasteiger partial charge >= 0.3 is 0 Å². The van der Waals surface area contributed by atoms with E-state index in [1.165, 1.54) is 0 Å². The summed E-state index contributed by atoms with van der Waals surface area (Å²) in [6.07, 6.45) is 1.02. The van der Waals surface area contributed by atoms with Crippen molar-refractivity contribution >= 4 is 11.6 Å². The highest BCUT2D eigenvalue weighted by Crippen LogP contribution is 2.25. The van der Waals surface area contributed by atoms with E-state index < -0.39 is 0 Å². The summed E-state index contributed by atoms with van der Waals surface area (Å²) in [5.74, 6) is 0.745. The molecule has 0 atom stereocenters. The van der Waals surface area contributed by atoms with Crippen molar-refractivity contribution in [2.24, 2.45) is 5.73 Å². The van der Waals surface area contributed by atoms with Gasteiger partial charge in [0.05, 0.1) is 6.61 Å². The van der Waals surface area contributed by atoms with E-state index in [0.29, 0.717) is 24.8 Å². The average Bonchev–Trinajstić information content (AvgIpc) is 2.29. The molecule has 16 heavy (non-hydrogen) atoms. The van der Waals surface area contributed by atoms with E-state index in [4.69, 9.17) is 26.8 Å². The van der Waals surface area contributed by atoms with Crippen molar-refractivity contribution in [3.63, 3.8) is 0 Å². The van der Waals surface area contributed by atoms with Gasteiger partial charge in [0.25, 0.3) is 0 Å². The molecule has 0 bridgehead atoms. The maximum absolute atomic E-state index is 6.00. The van der Waals surface area contributed by atoms with Crippen LogP contribution in [0.4, 0.5) is 0 Å². The summed E-state index contributed by atoms with van der Waals surface area (Å²) in [6.45, 7) is 4.33. The van der Waals surface area contributed by atoms with E-state index in [9.17, 15) is 0 Å². The molecule has 3 nitrogen and oxygen atoms in total. The summed E-state index contributed by atoms with van der Waals surface area (Å²) in [4.78, 5) is 0. The van der Waals surface area contributed by atoms with Gasteiger partial charge in [-0.15, -0.1) is 0 Å². The zero-order valence-corrected chi connectivity index (χ0v) is 10.3. The lowest BCUT2D eigenvalue weighted by atomic mass is 10.2. The van der Waals surface area contributed by atoms with Crippen LogP contribution in [0.25, 0.3) is 0 Å². The molecule has 4 heteroatoms. The van der Waals surface area contributed by atoms with Crippen molar-refractivity contribution < 1.29 is 9.47 Å². The highest BCUT2D eigenvalue weighted by molar-refractivity contribution is 6.31. The lowest BCUT2D eigenvalue weighted by molar-refractivity contribution is 0.100. The predicted molar refractivity (Wildman–Crippen MR) is 65.9 cm³/mol. The summed E-state index contributed by atoms with van der Waals surface area (Å²) < 4.78 is 10.9. The number of hydrogen-bond acceptors (Lipinski definition) is 3. The zero-order valence-electron chi connectivity index (χ0n) is 9.54. The first-order chi connectivity index (χ1) is 7.79. The van der Waals surface area contributed by atoms with Gasteiger partial charge in [0.15, 0.2) is 0 Å². The van der Waals surface area contributed by atoms with Crippen molar-refractivity contribution in [2.45, 2.75) is 19.9 Å². The largest absolute Gasteiger partial charge is 0.491 e. The summed E-state index contributed by atoms with van der Waals surface area (Å²) in [7, 11) is 0. The molecule has 90 valence electrons. The van der Waals surface area contributed by atoms with E-state index in [-0.39, 0.29) is 0 Å². The molecule has 0 unspecified atom stereocenters. The second-order valence-electron chi connectivity index (χ2n) is 3.38. The van der Waals surface area contributed by atoms with E-state index in [1.807, 2.05) is 18.2 Å². The fourth-order valence-corrected chi connectivity index (χ4v) is 1.57. The van der Waals surface area contributed by atoms with Gasteiger partial charge in [-0.1, -0.05) is 24.6 Å². The lowest BCUT2D eigenvalue weighted by Gasteiger charge is -2.11. The molecule has 0 radical (unpaired) electrons. The molecule has 0 spiro atoms. The first-order valence-corrected chi connectivity index (χ1v) is 5.85. The van der Waals surface area contributed by atoms with Gasteiger partial charge in [0, 0.05) is 23.7 Å². The zero-order chi connectivity index (χ0) is 11.8. The Labute approximate surface area is 101 Å². The number of benzene rings is 1. The average molecular weight is 244 g/mol. The molecular formula is C12H18ClNO2. The number of halogens is 1. The minimum atomic E-state index is 0.380. The maximum atomic E-state index is 6.00. The van der Waals surface area contributed by atoms with Gasteiger partial charge in [-0.05, 0) is 18.6 Å². The van der Waals surface area contributed by atoms with Crippen LogP contribution < -0.4 is 10.5 Å². The first-order valence-electron chi connectivity index (χ1n) is 5.47. The molecule has 0 saturated heterocycles. The van der Waals surface area contributed by atoms with Gasteiger partial charge in [-0.2, -0.15) is 0 Å². The molecule has 1 aromatic carbocycles. The number of nitrogens with two attached hydrogens (primary N) is 1. The van der Waals surface area contributed by atoms with E-state index in [2.05, 4.69) is 6.92 Å². The topological polar surface area (TPSA) is 44.5 Å². The molecule has 0 aliphatic rings. The summed E-state index contributed by atoms with van der Waals surface area (Å²) in [6, 6.07) is 5.53. The SMILES string of the molecule is CCCOCCOc1cccc(Cl)c1CN. The quantitative estimate of drug-likeness (QED) is 0.749. The van der Waals surface area contributed by atoms with Gasteiger partial charge in [-0.25, -0.2) is 0 Å². The van der Waals surface area contributed by atoms with Gasteiger partial charge in [0.1, 0.15) is 12.4 Å². The third-order valence-electron chi connectivity index (χ3n) is 2.11. The number of hydrogen-bond donors (Lipinski definition) is 1. The van der Waals surface area contributed by atoms with Crippen molar-refractivity contribution in [1.29, 1.82) is 0 Å². The number of rotatable bonds is 7. The van der Waals surface area contributed by atoms with Crippen molar-refractivity contribution in [2.75, 3.05) is 19.8 Å². The summed E-state index contributed by atoms with van der Waals surface area (Å²) >= 11 is 6.00. The smallest absolute Gasteiger partial charge is 0.125 e. The summed E-state index contributed by atoms with van der Waals surface area (Å²) in [5, 5.41) is 0.648. The third-order valence-corrected chi connectivity index (χ3v) is 2.47. The maximum Gasteiger partial charge on any atom is 0.125 e. The molecule has 0 heterocycles. The Morgan fingerprint density at radius 3 is 2.75 bits per heavy atom. The van der Waals surface area contributed by atoms with Crippen LogP contribution in [-0.4, -0.2) is 19.8 Å². The molecule has 1 aromatic rings. The molecule has 1 rings (SSSR count). The molecular weight excluding hydrogens is 226 g/mol. The van der Waals surface area contributed by atoms with Crippen LogP contribution in [0.3, 0.4) is 0 Å². The first kappa shape index (κ1) is 13.3. The van der Waals surface area contributed by atoms with Crippen LogP contribution in [0.5, 0.6) is 5.75 Å². The van der Waals surface area contributed by atoms with Crippen molar-refractivity contribution in [3.05, 3.63) is 28.8 Å².